The van der Waals surface area contributed by atoms with Gasteiger partial charge >= 0.3 is 5.97 Å². The first-order chi connectivity index (χ1) is 16.6. The van der Waals surface area contributed by atoms with Crippen molar-refractivity contribution in [1.29, 1.82) is 0 Å². The Balaban J connectivity index is 1.60. The predicted molar refractivity (Wildman–Crippen MR) is 123 cm³/mol. The van der Waals surface area contributed by atoms with Crippen molar-refractivity contribution in [1.82, 2.24) is 19.7 Å². The number of aliphatic carboxylic acids is 1. The van der Waals surface area contributed by atoms with Crippen molar-refractivity contribution in [2.75, 3.05) is 19.8 Å². The molecule has 2 fully saturated rings. The lowest BCUT2D eigenvalue weighted by Crippen LogP contribution is -2.32. The van der Waals surface area contributed by atoms with Crippen LogP contribution in [0.1, 0.15) is 48.8 Å². The fraction of sp³-hybridized carbons (Fsp3) is 0.400. The Hall–Kier alpha value is -3.30. The third-order valence-corrected chi connectivity index (χ3v) is 7.07. The van der Waals surface area contributed by atoms with Gasteiger partial charge in [0, 0.05) is 47.4 Å². The van der Waals surface area contributed by atoms with Crippen molar-refractivity contribution in [3.63, 3.8) is 0 Å². The van der Waals surface area contributed by atoms with Crippen molar-refractivity contribution in [2.24, 2.45) is 0 Å². The van der Waals surface area contributed by atoms with E-state index in [2.05, 4.69) is 20.8 Å². The number of ether oxygens (including phenoxy) is 2. The van der Waals surface area contributed by atoms with Gasteiger partial charge in [-0.25, -0.2) is 14.2 Å². The molecule has 0 aliphatic carbocycles. The minimum absolute atomic E-state index is 0.00511. The average molecular weight is 464 g/mol. The molecule has 0 saturated carbocycles. The number of nitrogens with one attached hydrogen (secondary N) is 1. The van der Waals surface area contributed by atoms with Crippen molar-refractivity contribution >= 4 is 28.0 Å². The molecule has 6 rings (SSSR count). The van der Waals surface area contributed by atoms with Gasteiger partial charge in [-0.15, -0.1) is 0 Å². The van der Waals surface area contributed by atoms with Crippen LogP contribution in [0.3, 0.4) is 0 Å². The molecule has 9 heteroatoms. The number of hydrogen-bond donors (Lipinski definition) is 2. The summed E-state index contributed by atoms with van der Waals surface area (Å²) in [5, 5.41) is 17.4. The van der Waals surface area contributed by atoms with Crippen molar-refractivity contribution in [3.05, 3.63) is 53.6 Å². The van der Waals surface area contributed by atoms with Crippen LogP contribution in [-0.2, 0) is 14.3 Å². The van der Waals surface area contributed by atoms with Crippen molar-refractivity contribution in [2.45, 2.75) is 43.6 Å². The number of hydrogen-bond acceptors (Lipinski definition) is 5. The number of pyridine rings is 1. The van der Waals surface area contributed by atoms with E-state index >= 15 is 0 Å². The number of benzene rings is 1. The first kappa shape index (κ1) is 21.2. The Morgan fingerprint density at radius 1 is 1.12 bits per heavy atom. The number of halogens is 1. The normalized spacial score (nSPS) is 21.9. The Morgan fingerprint density at radius 3 is 2.62 bits per heavy atom. The monoisotopic (exact) mass is 464 g/mol. The molecule has 5 heterocycles. The number of carbonyl (C=O) groups is 1. The van der Waals surface area contributed by atoms with E-state index in [1.54, 1.807) is 18.3 Å². The largest absolute Gasteiger partial charge is 0.479 e. The highest BCUT2D eigenvalue weighted by molar-refractivity contribution is 5.93. The van der Waals surface area contributed by atoms with Gasteiger partial charge in [0.1, 0.15) is 5.82 Å². The van der Waals surface area contributed by atoms with Gasteiger partial charge in [0.15, 0.2) is 11.8 Å². The summed E-state index contributed by atoms with van der Waals surface area (Å²) < 4.78 is 27.4. The maximum Gasteiger partial charge on any atom is 0.332 e. The van der Waals surface area contributed by atoms with Gasteiger partial charge in [-0.2, -0.15) is 5.10 Å². The predicted octanol–water partition coefficient (Wildman–Crippen LogP) is 4.28. The summed E-state index contributed by atoms with van der Waals surface area (Å²) in [6.45, 7) is 1.67. The number of H-pyrrole nitrogens is 1. The summed E-state index contributed by atoms with van der Waals surface area (Å²) in [7, 11) is 0. The number of carboxylic acid groups (broad SMARTS) is 1. The number of rotatable bonds is 4. The number of aromatic nitrogens is 4. The number of aromatic amines is 1. The molecule has 8 nitrogen and oxygen atoms in total. The van der Waals surface area contributed by atoms with E-state index in [1.165, 1.54) is 12.1 Å². The molecule has 2 saturated heterocycles. The summed E-state index contributed by atoms with van der Waals surface area (Å²) in [4.78, 5) is 16.4. The molecule has 34 heavy (non-hydrogen) atoms. The highest BCUT2D eigenvalue weighted by Crippen LogP contribution is 2.44. The van der Waals surface area contributed by atoms with E-state index in [1.807, 2.05) is 0 Å². The highest BCUT2D eigenvalue weighted by atomic mass is 19.1. The van der Waals surface area contributed by atoms with Gasteiger partial charge in [0.25, 0.3) is 0 Å². The summed E-state index contributed by atoms with van der Waals surface area (Å²) >= 11 is 0. The first-order valence-corrected chi connectivity index (χ1v) is 11.7. The van der Waals surface area contributed by atoms with Crippen LogP contribution in [0.2, 0.25) is 0 Å². The van der Waals surface area contributed by atoms with Gasteiger partial charge in [0.2, 0.25) is 0 Å². The van der Waals surface area contributed by atoms with Crippen LogP contribution >= 0.6 is 0 Å². The molecule has 1 aromatic carbocycles. The van der Waals surface area contributed by atoms with Gasteiger partial charge in [-0.05, 0) is 56.0 Å². The second-order valence-corrected chi connectivity index (χ2v) is 9.10. The molecule has 2 atom stereocenters. The third-order valence-electron chi connectivity index (χ3n) is 7.07. The number of nitrogens with zero attached hydrogens (tertiary/aromatic N) is 3. The molecule has 2 aliphatic rings. The van der Waals surface area contributed by atoms with E-state index in [-0.39, 0.29) is 17.7 Å². The van der Waals surface area contributed by atoms with E-state index in [4.69, 9.17) is 14.5 Å². The summed E-state index contributed by atoms with van der Waals surface area (Å²) in [6, 6.07) is 8.59. The zero-order valence-corrected chi connectivity index (χ0v) is 18.5. The van der Waals surface area contributed by atoms with Gasteiger partial charge in [0.05, 0.1) is 23.8 Å². The minimum Gasteiger partial charge on any atom is -0.479 e. The van der Waals surface area contributed by atoms with Crippen LogP contribution in [0.4, 0.5) is 4.39 Å². The highest BCUT2D eigenvalue weighted by Gasteiger charge is 2.35. The standard InChI is InChI=1S/C25H25FN4O4/c26-17-2-4-18(5-3-17)30-19-11-16-12-27-29-24(16)28-22(19)21(23(30)14-7-9-33-10-8-14)15-1-6-20(25(31)32)34-13-15/h2-5,11-12,14-15,20H,1,6-10,13H2,(H,31,32)(H,27,28,29). The van der Waals surface area contributed by atoms with E-state index in [0.717, 1.165) is 46.2 Å². The number of fused-ring (bicyclic) bond motifs is 2. The van der Waals surface area contributed by atoms with Crippen molar-refractivity contribution < 1.29 is 23.8 Å². The van der Waals surface area contributed by atoms with Gasteiger partial charge in [-0.1, -0.05) is 0 Å². The molecule has 0 spiro atoms. The smallest absolute Gasteiger partial charge is 0.332 e. The lowest BCUT2D eigenvalue weighted by Gasteiger charge is -2.30. The molecular weight excluding hydrogens is 439 g/mol. The maximum atomic E-state index is 13.8. The molecule has 2 unspecified atom stereocenters. The molecule has 0 bridgehead atoms. The van der Waals surface area contributed by atoms with Crippen LogP contribution in [-0.4, -0.2) is 56.7 Å². The third kappa shape index (κ3) is 3.56. The summed E-state index contributed by atoms with van der Waals surface area (Å²) in [5.74, 6) is -0.972. The van der Waals surface area contributed by atoms with E-state index < -0.39 is 12.1 Å². The maximum absolute atomic E-state index is 13.8. The Kier molecular flexibility index (Phi) is 5.30. The van der Waals surface area contributed by atoms with Crippen molar-refractivity contribution in [3.8, 4) is 5.69 Å². The second-order valence-electron chi connectivity index (χ2n) is 9.10. The Morgan fingerprint density at radius 2 is 1.91 bits per heavy atom. The first-order valence-electron chi connectivity index (χ1n) is 11.7. The fourth-order valence-corrected chi connectivity index (χ4v) is 5.43. The lowest BCUT2D eigenvalue weighted by molar-refractivity contribution is -0.153. The summed E-state index contributed by atoms with van der Waals surface area (Å²) in [5.41, 5.74) is 5.57. The topological polar surface area (TPSA) is 102 Å². The van der Waals surface area contributed by atoms with Crippen LogP contribution in [0.15, 0.2) is 36.5 Å². The van der Waals surface area contributed by atoms with Crippen LogP contribution < -0.4 is 0 Å². The van der Waals surface area contributed by atoms with Gasteiger partial charge in [-0.3, -0.25) is 5.10 Å². The average Bonchev–Trinajstić information content (AvgIpc) is 3.45. The van der Waals surface area contributed by atoms with Crippen LogP contribution in [0, 0.1) is 5.82 Å². The molecule has 2 aliphatic heterocycles. The van der Waals surface area contributed by atoms with E-state index in [9.17, 15) is 14.3 Å². The van der Waals surface area contributed by atoms with E-state index in [0.29, 0.717) is 38.3 Å². The number of carboxylic acids is 1. The second kappa shape index (κ2) is 8.48. The zero-order chi connectivity index (χ0) is 23.2. The Labute approximate surface area is 194 Å². The molecule has 0 amide bonds. The molecule has 2 N–H and O–H groups in total. The lowest BCUT2D eigenvalue weighted by atomic mass is 9.85. The molecular formula is C25H25FN4O4. The van der Waals surface area contributed by atoms with Crippen LogP contribution in [0.5, 0.6) is 0 Å². The minimum atomic E-state index is -0.922. The summed E-state index contributed by atoms with van der Waals surface area (Å²) in [6.07, 6.45) is 3.85. The van der Waals surface area contributed by atoms with Gasteiger partial charge < -0.3 is 19.1 Å². The molecule has 176 valence electrons. The molecule has 0 radical (unpaired) electrons. The Bertz CT molecular complexity index is 1350. The zero-order valence-electron chi connectivity index (χ0n) is 18.5. The molecule has 3 aromatic heterocycles. The van der Waals surface area contributed by atoms with Crippen LogP contribution in [0.25, 0.3) is 27.8 Å². The fourth-order valence-electron chi connectivity index (χ4n) is 5.43. The molecule has 4 aromatic rings. The quantitative estimate of drug-likeness (QED) is 0.467. The SMILES string of the molecule is O=C(O)C1CCC(c2c(C3CCOCC3)n(-c3ccc(F)cc3)c3cc4cn[nH]c4nc23)CO1.